The molecule has 6 nitrogen and oxygen atoms in total. The number of para-hydroxylation sites is 1. The lowest BCUT2D eigenvalue weighted by atomic mass is 10.1. The van der Waals surface area contributed by atoms with Crippen LogP contribution in [0.3, 0.4) is 0 Å². The highest BCUT2D eigenvalue weighted by Gasteiger charge is 2.27. The SMILES string of the molecule is COC1CCN(C(=O)c2cc(NN)c3ccccc3n2)C1. The summed E-state index contributed by atoms with van der Waals surface area (Å²) in [5.74, 6) is 5.47. The molecule has 1 saturated heterocycles. The predicted molar refractivity (Wildman–Crippen MR) is 80.9 cm³/mol. The Hall–Kier alpha value is -2.18. The molecule has 0 aliphatic carbocycles. The van der Waals surface area contributed by atoms with Crippen LogP contribution in [-0.4, -0.2) is 42.1 Å². The number of methoxy groups -OCH3 is 1. The van der Waals surface area contributed by atoms with Crippen LogP contribution in [0.15, 0.2) is 30.3 Å². The summed E-state index contributed by atoms with van der Waals surface area (Å²) in [6.07, 6.45) is 0.971. The highest BCUT2D eigenvalue weighted by atomic mass is 16.5. The fraction of sp³-hybridized carbons (Fsp3) is 0.333. The number of benzene rings is 1. The number of nitrogens with zero attached hydrogens (tertiary/aromatic N) is 2. The molecule has 3 N–H and O–H groups in total. The van der Waals surface area contributed by atoms with Crippen molar-refractivity contribution in [3.05, 3.63) is 36.0 Å². The maximum Gasteiger partial charge on any atom is 0.272 e. The molecule has 6 heteroatoms. The highest BCUT2D eigenvalue weighted by Crippen LogP contribution is 2.24. The van der Waals surface area contributed by atoms with Crippen molar-refractivity contribution >= 4 is 22.5 Å². The number of nitrogens with one attached hydrogen (secondary N) is 1. The standard InChI is InChI=1S/C15H18N4O2/c1-21-10-6-7-19(9-10)15(20)14-8-13(18-16)11-4-2-3-5-12(11)17-14/h2-5,8,10H,6-7,9,16H2,1H3,(H,17,18). The fourth-order valence-electron chi connectivity index (χ4n) is 2.67. The number of carbonyl (C=O) groups excluding carboxylic acids is 1. The zero-order valence-electron chi connectivity index (χ0n) is 11.9. The van der Waals surface area contributed by atoms with Gasteiger partial charge in [-0.05, 0) is 18.6 Å². The molecule has 1 fully saturated rings. The van der Waals surface area contributed by atoms with Crippen LogP contribution in [0.4, 0.5) is 5.69 Å². The molecule has 1 aliphatic rings. The smallest absolute Gasteiger partial charge is 0.272 e. The summed E-state index contributed by atoms with van der Waals surface area (Å²) < 4.78 is 5.30. The van der Waals surface area contributed by atoms with Crippen LogP contribution in [0.1, 0.15) is 16.9 Å². The van der Waals surface area contributed by atoms with Gasteiger partial charge in [0, 0.05) is 25.6 Å². The number of hydrogen-bond acceptors (Lipinski definition) is 5. The molecule has 110 valence electrons. The topological polar surface area (TPSA) is 80.5 Å². The number of carbonyl (C=O) groups is 1. The number of amides is 1. The van der Waals surface area contributed by atoms with E-state index < -0.39 is 0 Å². The largest absolute Gasteiger partial charge is 0.380 e. The Morgan fingerprint density at radius 2 is 2.29 bits per heavy atom. The summed E-state index contributed by atoms with van der Waals surface area (Å²) in [4.78, 5) is 18.8. The zero-order chi connectivity index (χ0) is 14.8. The van der Waals surface area contributed by atoms with Crippen LogP contribution < -0.4 is 11.3 Å². The van der Waals surface area contributed by atoms with Crippen LogP contribution in [0.2, 0.25) is 0 Å². The van der Waals surface area contributed by atoms with Crippen molar-refractivity contribution in [3.8, 4) is 0 Å². The first-order valence-corrected chi connectivity index (χ1v) is 6.91. The van der Waals surface area contributed by atoms with Crippen LogP contribution in [-0.2, 0) is 4.74 Å². The summed E-state index contributed by atoms with van der Waals surface area (Å²) in [6.45, 7) is 1.30. The second-order valence-corrected chi connectivity index (χ2v) is 5.11. The number of likely N-dealkylation sites (tertiary alicyclic amines) is 1. The quantitative estimate of drug-likeness (QED) is 0.658. The Morgan fingerprint density at radius 1 is 1.48 bits per heavy atom. The lowest BCUT2D eigenvalue weighted by molar-refractivity contribution is 0.0719. The molecule has 0 saturated carbocycles. The van der Waals surface area contributed by atoms with E-state index in [4.69, 9.17) is 10.6 Å². The number of nitrogen functional groups attached to an aromatic ring is 1. The zero-order valence-corrected chi connectivity index (χ0v) is 11.9. The fourth-order valence-corrected chi connectivity index (χ4v) is 2.67. The van der Waals surface area contributed by atoms with Crippen molar-refractivity contribution < 1.29 is 9.53 Å². The van der Waals surface area contributed by atoms with E-state index in [0.717, 1.165) is 17.3 Å². The van der Waals surface area contributed by atoms with E-state index in [1.807, 2.05) is 24.3 Å². The third kappa shape index (κ3) is 2.55. The number of rotatable bonds is 3. The van der Waals surface area contributed by atoms with Crippen molar-refractivity contribution in [1.82, 2.24) is 9.88 Å². The summed E-state index contributed by atoms with van der Waals surface area (Å²) in [5.41, 5.74) is 4.49. The maximum absolute atomic E-state index is 12.6. The Kier molecular flexibility index (Phi) is 3.72. The molecule has 1 unspecified atom stereocenters. The predicted octanol–water partition coefficient (Wildman–Crippen LogP) is 1.38. The second-order valence-electron chi connectivity index (χ2n) is 5.11. The number of pyridine rings is 1. The van der Waals surface area contributed by atoms with Gasteiger partial charge in [-0.1, -0.05) is 18.2 Å². The third-order valence-electron chi connectivity index (χ3n) is 3.86. The number of hydrazine groups is 1. The Labute approximate surface area is 122 Å². The molecular weight excluding hydrogens is 268 g/mol. The number of fused-ring (bicyclic) bond motifs is 1. The number of hydrogen-bond donors (Lipinski definition) is 2. The minimum absolute atomic E-state index is 0.0863. The number of anilines is 1. The average Bonchev–Trinajstić information content (AvgIpc) is 3.02. The summed E-state index contributed by atoms with van der Waals surface area (Å²) in [6, 6.07) is 9.29. The monoisotopic (exact) mass is 286 g/mol. The van der Waals surface area contributed by atoms with Gasteiger partial charge in [-0.15, -0.1) is 0 Å². The summed E-state index contributed by atoms with van der Waals surface area (Å²) in [7, 11) is 1.67. The summed E-state index contributed by atoms with van der Waals surface area (Å²) in [5, 5.41) is 0.896. The van der Waals surface area contributed by atoms with Gasteiger partial charge < -0.3 is 15.1 Å². The van der Waals surface area contributed by atoms with Crippen molar-refractivity contribution in [2.24, 2.45) is 5.84 Å². The van der Waals surface area contributed by atoms with E-state index >= 15 is 0 Å². The van der Waals surface area contributed by atoms with Gasteiger partial charge in [0.05, 0.1) is 17.3 Å². The van der Waals surface area contributed by atoms with E-state index in [-0.39, 0.29) is 12.0 Å². The van der Waals surface area contributed by atoms with Crippen molar-refractivity contribution in [1.29, 1.82) is 0 Å². The molecule has 1 amide bonds. The Morgan fingerprint density at radius 3 is 3.00 bits per heavy atom. The lowest BCUT2D eigenvalue weighted by Crippen LogP contribution is -2.30. The number of aromatic nitrogens is 1. The molecule has 0 radical (unpaired) electrons. The molecular formula is C15H18N4O2. The highest BCUT2D eigenvalue weighted by molar-refractivity contribution is 5.99. The number of nitrogens with two attached hydrogens (primary N) is 1. The minimum atomic E-state index is -0.0863. The number of ether oxygens (including phenoxy) is 1. The van der Waals surface area contributed by atoms with E-state index in [0.29, 0.717) is 24.5 Å². The first-order valence-electron chi connectivity index (χ1n) is 6.91. The molecule has 1 aromatic carbocycles. The third-order valence-corrected chi connectivity index (χ3v) is 3.86. The van der Waals surface area contributed by atoms with Gasteiger partial charge in [0.2, 0.25) is 0 Å². The first kappa shape index (κ1) is 13.8. The van der Waals surface area contributed by atoms with Gasteiger partial charge >= 0.3 is 0 Å². The van der Waals surface area contributed by atoms with Gasteiger partial charge in [0.1, 0.15) is 5.69 Å². The molecule has 0 spiro atoms. The van der Waals surface area contributed by atoms with Gasteiger partial charge in [-0.2, -0.15) is 0 Å². The Balaban J connectivity index is 1.95. The normalized spacial score (nSPS) is 18.2. The van der Waals surface area contributed by atoms with Crippen molar-refractivity contribution in [2.45, 2.75) is 12.5 Å². The van der Waals surface area contributed by atoms with E-state index in [1.54, 1.807) is 18.1 Å². The molecule has 0 bridgehead atoms. The molecule has 2 aromatic rings. The summed E-state index contributed by atoms with van der Waals surface area (Å²) >= 11 is 0. The second kappa shape index (κ2) is 5.67. The van der Waals surface area contributed by atoms with Crippen LogP contribution >= 0.6 is 0 Å². The first-order chi connectivity index (χ1) is 10.2. The lowest BCUT2D eigenvalue weighted by Gasteiger charge is -2.16. The van der Waals surface area contributed by atoms with Gasteiger partial charge in [0.25, 0.3) is 5.91 Å². The minimum Gasteiger partial charge on any atom is -0.380 e. The molecule has 1 atom stereocenters. The van der Waals surface area contributed by atoms with Gasteiger partial charge in [-0.25, -0.2) is 4.98 Å². The molecule has 2 heterocycles. The average molecular weight is 286 g/mol. The Bertz CT molecular complexity index is 674. The molecule has 1 aromatic heterocycles. The van der Waals surface area contributed by atoms with Crippen molar-refractivity contribution in [3.63, 3.8) is 0 Å². The van der Waals surface area contributed by atoms with Crippen molar-refractivity contribution in [2.75, 3.05) is 25.6 Å². The molecule has 3 rings (SSSR count). The van der Waals surface area contributed by atoms with Crippen LogP contribution in [0.5, 0.6) is 0 Å². The van der Waals surface area contributed by atoms with E-state index in [2.05, 4.69) is 10.4 Å². The maximum atomic E-state index is 12.6. The van der Waals surface area contributed by atoms with Gasteiger partial charge in [0.15, 0.2) is 0 Å². The molecule has 21 heavy (non-hydrogen) atoms. The van der Waals surface area contributed by atoms with E-state index in [1.165, 1.54) is 0 Å². The van der Waals surface area contributed by atoms with E-state index in [9.17, 15) is 4.79 Å². The van der Waals surface area contributed by atoms with Crippen LogP contribution in [0, 0.1) is 0 Å². The van der Waals surface area contributed by atoms with Gasteiger partial charge in [-0.3, -0.25) is 10.6 Å². The molecule has 1 aliphatic heterocycles. The van der Waals surface area contributed by atoms with Crippen LogP contribution in [0.25, 0.3) is 10.9 Å².